The van der Waals surface area contributed by atoms with E-state index in [1.54, 1.807) is 6.07 Å². The lowest BCUT2D eigenvalue weighted by molar-refractivity contribution is 0.505. The van der Waals surface area contributed by atoms with E-state index >= 15 is 0 Å². The first-order valence-corrected chi connectivity index (χ1v) is 8.74. The van der Waals surface area contributed by atoms with Gasteiger partial charge in [0.2, 0.25) is 0 Å². The van der Waals surface area contributed by atoms with Gasteiger partial charge in [-0.3, -0.25) is 0 Å². The van der Waals surface area contributed by atoms with Gasteiger partial charge in [-0.25, -0.2) is 9.97 Å². The highest BCUT2D eigenvalue weighted by Crippen LogP contribution is 2.46. The number of aryl methyl sites for hydroxylation is 1. The summed E-state index contributed by atoms with van der Waals surface area (Å²) in [7, 11) is 0. The largest absolute Gasteiger partial charge is 0.237 e. The van der Waals surface area contributed by atoms with Crippen LogP contribution in [0, 0.1) is 6.92 Å². The molecule has 5 heteroatoms. The van der Waals surface area contributed by atoms with Crippen molar-refractivity contribution in [3.05, 3.63) is 68.7 Å². The Bertz CT molecular complexity index is 758. The number of allylic oxidation sites excluding steroid dienone is 1. The Kier molecular flexibility index (Phi) is 4.96. The quantitative estimate of drug-likeness (QED) is 0.468. The van der Waals surface area contributed by atoms with Gasteiger partial charge < -0.3 is 0 Å². The fourth-order valence-electron chi connectivity index (χ4n) is 3.38. The standard InChI is InChI=1S/C18H17Cl3N2/c1-3-4-11-5-7-14(13-8-6-12(19)9-15(13)20)17-16(11)18(21)23-10(2)22-17/h3,6,8-9,11,14H,1,4-5,7H2,2H3/t11-,14+/m0/s1. The van der Waals surface area contributed by atoms with Crippen LogP contribution in [0.4, 0.5) is 0 Å². The van der Waals surface area contributed by atoms with Gasteiger partial charge in [0.15, 0.2) is 0 Å². The van der Waals surface area contributed by atoms with Crippen LogP contribution in [0.1, 0.15) is 53.7 Å². The Morgan fingerprint density at radius 1 is 1.22 bits per heavy atom. The van der Waals surface area contributed by atoms with Gasteiger partial charge in [0.05, 0.1) is 5.69 Å². The van der Waals surface area contributed by atoms with E-state index in [4.69, 9.17) is 39.8 Å². The maximum absolute atomic E-state index is 6.46. The van der Waals surface area contributed by atoms with Gasteiger partial charge in [0.25, 0.3) is 0 Å². The molecule has 0 unspecified atom stereocenters. The lowest BCUT2D eigenvalue weighted by Gasteiger charge is -2.31. The van der Waals surface area contributed by atoms with E-state index in [1.165, 1.54) is 0 Å². The molecule has 0 amide bonds. The molecule has 120 valence electrons. The highest BCUT2D eigenvalue weighted by molar-refractivity contribution is 6.35. The van der Waals surface area contributed by atoms with Crippen LogP contribution in [0.5, 0.6) is 0 Å². The molecule has 0 bridgehead atoms. The molecule has 3 rings (SSSR count). The molecule has 0 saturated heterocycles. The minimum atomic E-state index is 0.120. The fourth-order valence-corrected chi connectivity index (χ4v) is 4.30. The molecule has 2 nitrogen and oxygen atoms in total. The second kappa shape index (κ2) is 6.80. The Morgan fingerprint density at radius 3 is 2.70 bits per heavy atom. The second-order valence-corrected chi connectivity index (χ2v) is 7.08. The summed E-state index contributed by atoms with van der Waals surface area (Å²) in [5.41, 5.74) is 3.08. The molecule has 0 saturated carbocycles. The number of nitrogens with zero attached hydrogens (tertiary/aromatic N) is 2. The molecule has 0 aliphatic heterocycles. The van der Waals surface area contributed by atoms with E-state index in [1.807, 2.05) is 25.1 Å². The van der Waals surface area contributed by atoms with Gasteiger partial charge in [-0.15, -0.1) is 6.58 Å². The van der Waals surface area contributed by atoms with Crippen molar-refractivity contribution in [3.8, 4) is 0 Å². The zero-order valence-electron chi connectivity index (χ0n) is 12.8. The van der Waals surface area contributed by atoms with Crippen LogP contribution < -0.4 is 0 Å². The monoisotopic (exact) mass is 366 g/mol. The molecule has 2 atom stereocenters. The summed E-state index contributed by atoms with van der Waals surface area (Å²) in [6.07, 6.45) is 4.79. The predicted molar refractivity (Wildman–Crippen MR) is 96.9 cm³/mol. The van der Waals surface area contributed by atoms with E-state index in [0.717, 1.165) is 36.1 Å². The Labute approximate surface area is 151 Å². The van der Waals surface area contributed by atoms with Crippen molar-refractivity contribution < 1.29 is 0 Å². The lowest BCUT2D eigenvalue weighted by atomic mass is 9.76. The van der Waals surface area contributed by atoms with Gasteiger partial charge in [0, 0.05) is 21.5 Å². The first-order chi connectivity index (χ1) is 11.0. The summed E-state index contributed by atoms with van der Waals surface area (Å²) in [4.78, 5) is 9.06. The van der Waals surface area contributed by atoms with Crippen molar-refractivity contribution in [1.29, 1.82) is 0 Å². The number of halogens is 3. The van der Waals surface area contributed by atoms with E-state index in [-0.39, 0.29) is 5.92 Å². The Morgan fingerprint density at radius 2 is 2.00 bits per heavy atom. The zero-order valence-corrected chi connectivity index (χ0v) is 15.1. The molecule has 1 aromatic heterocycles. The van der Waals surface area contributed by atoms with Crippen LogP contribution in [0.25, 0.3) is 0 Å². The van der Waals surface area contributed by atoms with Crippen LogP contribution in [0.2, 0.25) is 15.2 Å². The van der Waals surface area contributed by atoms with Crippen molar-refractivity contribution in [3.63, 3.8) is 0 Å². The predicted octanol–water partition coefficient (Wildman–Crippen LogP) is 6.33. The SMILES string of the molecule is C=CC[C@H]1CC[C@H](c2ccc(Cl)cc2Cl)c2nc(C)nc(Cl)c21. The molecule has 0 spiro atoms. The second-order valence-electron chi connectivity index (χ2n) is 5.88. The highest BCUT2D eigenvalue weighted by atomic mass is 35.5. The first-order valence-electron chi connectivity index (χ1n) is 7.61. The molecular formula is C18H17Cl3N2. The third-order valence-corrected chi connectivity index (χ3v) is 5.22. The molecule has 1 aliphatic rings. The molecule has 1 heterocycles. The third-order valence-electron chi connectivity index (χ3n) is 4.37. The average Bonchev–Trinajstić information content (AvgIpc) is 2.48. The fraction of sp³-hybridized carbons (Fsp3) is 0.333. The summed E-state index contributed by atoms with van der Waals surface area (Å²) in [6, 6.07) is 5.63. The zero-order chi connectivity index (χ0) is 16.6. The van der Waals surface area contributed by atoms with Crippen LogP contribution in [0.15, 0.2) is 30.9 Å². The minimum Gasteiger partial charge on any atom is -0.237 e. The normalized spacial score (nSPS) is 20.2. The number of aromatic nitrogens is 2. The van der Waals surface area contributed by atoms with Crippen molar-refractivity contribution >= 4 is 34.8 Å². The summed E-state index contributed by atoms with van der Waals surface area (Å²) < 4.78 is 0. The van der Waals surface area contributed by atoms with Gasteiger partial charge >= 0.3 is 0 Å². The van der Waals surface area contributed by atoms with E-state index < -0.39 is 0 Å². The van der Waals surface area contributed by atoms with Gasteiger partial charge in [-0.05, 0) is 49.8 Å². The van der Waals surface area contributed by atoms with Crippen molar-refractivity contribution in [2.24, 2.45) is 0 Å². The maximum Gasteiger partial charge on any atom is 0.136 e. The Hall–Kier alpha value is -1.09. The van der Waals surface area contributed by atoms with Crippen LogP contribution in [-0.4, -0.2) is 9.97 Å². The molecule has 2 aromatic rings. The molecule has 0 radical (unpaired) electrons. The number of benzene rings is 1. The molecule has 0 fully saturated rings. The first kappa shape index (κ1) is 16.8. The van der Waals surface area contributed by atoms with Gasteiger partial charge in [-0.1, -0.05) is 46.9 Å². The summed E-state index contributed by atoms with van der Waals surface area (Å²) in [5.74, 6) is 1.12. The third kappa shape index (κ3) is 3.26. The Balaban J connectivity index is 2.15. The lowest BCUT2D eigenvalue weighted by Crippen LogP contribution is -2.19. The number of rotatable bonds is 3. The van der Waals surface area contributed by atoms with Gasteiger partial charge in [0.1, 0.15) is 11.0 Å². The summed E-state index contributed by atoms with van der Waals surface area (Å²) in [6.45, 7) is 5.72. The van der Waals surface area contributed by atoms with Gasteiger partial charge in [-0.2, -0.15) is 0 Å². The number of hydrogen-bond acceptors (Lipinski definition) is 2. The number of hydrogen-bond donors (Lipinski definition) is 0. The van der Waals surface area contributed by atoms with Crippen molar-refractivity contribution in [1.82, 2.24) is 9.97 Å². The van der Waals surface area contributed by atoms with E-state index in [9.17, 15) is 0 Å². The average molecular weight is 368 g/mol. The van der Waals surface area contributed by atoms with E-state index in [0.29, 0.717) is 26.9 Å². The minimum absolute atomic E-state index is 0.120. The topological polar surface area (TPSA) is 25.8 Å². The molecule has 1 aromatic carbocycles. The smallest absolute Gasteiger partial charge is 0.136 e. The van der Waals surface area contributed by atoms with Crippen LogP contribution in [0.3, 0.4) is 0 Å². The maximum atomic E-state index is 6.46. The van der Waals surface area contributed by atoms with E-state index in [2.05, 4.69) is 11.6 Å². The van der Waals surface area contributed by atoms with Crippen molar-refractivity contribution in [2.75, 3.05) is 0 Å². The van der Waals surface area contributed by atoms with Crippen molar-refractivity contribution in [2.45, 2.75) is 38.0 Å². The molecular weight excluding hydrogens is 351 g/mol. The number of fused-ring (bicyclic) bond motifs is 1. The highest BCUT2D eigenvalue weighted by Gasteiger charge is 2.32. The molecule has 1 aliphatic carbocycles. The summed E-state index contributed by atoms with van der Waals surface area (Å²) >= 11 is 18.9. The molecule has 23 heavy (non-hydrogen) atoms. The molecule has 0 N–H and O–H groups in total. The van der Waals surface area contributed by atoms with Crippen LogP contribution in [-0.2, 0) is 0 Å². The van der Waals surface area contributed by atoms with Crippen LogP contribution >= 0.6 is 34.8 Å². The summed E-state index contributed by atoms with van der Waals surface area (Å²) in [5, 5.41) is 1.85.